The van der Waals surface area contributed by atoms with E-state index in [-0.39, 0.29) is 51.0 Å². The molecule has 2 aromatic heterocycles. The summed E-state index contributed by atoms with van der Waals surface area (Å²) in [6.45, 7) is 11.0. The van der Waals surface area contributed by atoms with Gasteiger partial charge >= 0.3 is 5.38 Å². The number of aromatic nitrogens is 3. The van der Waals surface area contributed by atoms with Gasteiger partial charge in [0.15, 0.2) is 11.6 Å². The van der Waals surface area contributed by atoms with Crippen LogP contribution in [0.4, 0.5) is 33.7 Å². The lowest BCUT2D eigenvalue weighted by Gasteiger charge is -2.45. The van der Waals surface area contributed by atoms with E-state index in [0.29, 0.717) is 51.5 Å². The first-order valence-corrected chi connectivity index (χ1v) is 16.8. The van der Waals surface area contributed by atoms with Crippen molar-refractivity contribution < 1.29 is 27.1 Å². The van der Waals surface area contributed by atoms with Crippen LogP contribution in [0.1, 0.15) is 39.2 Å². The minimum absolute atomic E-state index is 0.0764. The van der Waals surface area contributed by atoms with Gasteiger partial charge in [0.25, 0.3) is 0 Å². The molecule has 0 bridgehead atoms. The normalized spacial score (nSPS) is 18.0. The van der Waals surface area contributed by atoms with Crippen molar-refractivity contribution in [3.05, 3.63) is 47.7 Å². The largest absolute Gasteiger partial charge is 0.508 e. The molecule has 4 heterocycles. The summed E-state index contributed by atoms with van der Waals surface area (Å²) in [7, 11) is 0. The number of hydrogen-bond donors (Lipinski definition) is 1. The smallest absolute Gasteiger partial charge is 0.352 e. The molecule has 0 saturated carbocycles. The molecule has 14 heteroatoms. The lowest BCUT2D eigenvalue weighted by molar-refractivity contribution is 0.0969. The number of benzene rings is 2. The molecule has 4 aromatic rings. The van der Waals surface area contributed by atoms with Crippen LogP contribution in [0.15, 0.2) is 30.5 Å². The van der Waals surface area contributed by atoms with Crippen molar-refractivity contribution in [2.45, 2.75) is 51.1 Å². The summed E-state index contributed by atoms with van der Waals surface area (Å²) < 4.78 is 74.3. The third-order valence-electron chi connectivity index (χ3n) is 9.67. The van der Waals surface area contributed by atoms with E-state index in [1.807, 2.05) is 9.80 Å². The van der Waals surface area contributed by atoms with Crippen LogP contribution in [0.5, 0.6) is 5.75 Å². The molecule has 1 atom stereocenters. The summed E-state index contributed by atoms with van der Waals surface area (Å²) >= 11 is 5.85. The fraction of sp³-hybridized carbons (Fsp3) is 0.500. The second-order valence-corrected chi connectivity index (χ2v) is 12.9. The molecule has 2 fully saturated rings. The molecule has 2 saturated heterocycles. The lowest BCUT2D eigenvalue weighted by atomic mass is 9.96. The number of phenolic OH excluding ortho intramolecular Hbond substituents is 1. The molecule has 6 rings (SSSR count). The van der Waals surface area contributed by atoms with Crippen molar-refractivity contribution in [3.8, 4) is 17.0 Å². The van der Waals surface area contributed by atoms with E-state index in [9.17, 15) is 13.9 Å². The maximum Gasteiger partial charge on any atom is 0.352 e. The average Bonchev–Trinajstić information content (AvgIpc) is 3.04. The Hall–Kier alpha value is -3.55. The van der Waals surface area contributed by atoms with Gasteiger partial charge in [0, 0.05) is 68.5 Å². The lowest BCUT2D eigenvalue weighted by Crippen LogP contribution is -2.60. The zero-order chi connectivity index (χ0) is 34.3. The molecule has 1 N–H and O–H groups in total. The number of rotatable bonds is 11. The molecular weight excluding hydrogens is 653 g/mol. The van der Waals surface area contributed by atoms with Crippen molar-refractivity contribution in [1.82, 2.24) is 24.8 Å². The summed E-state index contributed by atoms with van der Waals surface area (Å²) in [5.74, 6) is -2.15. The summed E-state index contributed by atoms with van der Waals surface area (Å²) in [6.07, 6.45) is 2.57. The number of halogens is 6. The van der Waals surface area contributed by atoms with E-state index < -0.39 is 34.9 Å². The Morgan fingerprint density at radius 1 is 1.02 bits per heavy atom. The first-order valence-electron chi connectivity index (χ1n) is 16.4. The van der Waals surface area contributed by atoms with Crippen LogP contribution in [-0.2, 0) is 5.38 Å². The van der Waals surface area contributed by atoms with Gasteiger partial charge in [-0.3, -0.25) is 19.2 Å². The van der Waals surface area contributed by atoms with E-state index in [1.54, 1.807) is 0 Å². The number of hydrogen-bond acceptors (Lipinski definition) is 8. The molecule has 258 valence electrons. The average molecular weight is 692 g/mol. The standard InChI is InChI=1S/C34H39ClF5N7O/c1-4-21-17-46(13-12-45(21)11-7-10-36)32-25-16-41-30(24-15-23(48)14-20-8-9-26(37)29(38)27(20)24)28(34(35,39)40)31(25)42-33(43-32)47-18-22(19-47)44(5-2)6-3/h8-9,14-16,21-22,48H,4-7,10-13,17-19H2,1-3H3. The zero-order valence-corrected chi connectivity index (χ0v) is 27.9. The minimum Gasteiger partial charge on any atom is -0.508 e. The topological polar surface area (TPSA) is 71.9 Å². The van der Waals surface area contributed by atoms with E-state index >= 15 is 13.2 Å². The van der Waals surface area contributed by atoms with Gasteiger partial charge in [-0.15, -0.1) is 0 Å². The number of aromatic hydroxyl groups is 1. The van der Waals surface area contributed by atoms with Crippen LogP contribution in [0.25, 0.3) is 32.9 Å². The molecule has 0 radical (unpaired) electrons. The van der Waals surface area contributed by atoms with E-state index in [0.717, 1.165) is 31.6 Å². The molecule has 48 heavy (non-hydrogen) atoms. The summed E-state index contributed by atoms with van der Waals surface area (Å²) in [6, 6.07) is 4.75. The highest BCUT2D eigenvalue weighted by Gasteiger charge is 2.39. The van der Waals surface area contributed by atoms with Gasteiger partial charge in [0.2, 0.25) is 5.95 Å². The van der Waals surface area contributed by atoms with Gasteiger partial charge in [-0.1, -0.05) is 26.8 Å². The molecule has 0 aliphatic carbocycles. The van der Waals surface area contributed by atoms with Gasteiger partial charge in [0.1, 0.15) is 11.6 Å². The number of alkyl halides is 4. The van der Waals surface area contributed by atoms with E-state index in [2.05, 4.69) is 40.5 Å². The second kappa shape index (κ2) is 13.8. The van der Waals surface area contributed by atoms with Crippen molar-refractivity contribution in [2.24, 2.45) is 0 Å². The number of fused-ring (bicyclic) bond motifs is 2. The molecule has 2 aliphatic heterocycles. The van der Waals surface area contributed by atoms with Gasteiger partial charge in [-0.2, -0.15) is 13.8 Å². The molecule has 0 amide bonds. The SMILES string of the molecule is CCC1CN(c2nc(N3CC(N(CC)CC)C3)nc3c(C(F)(F)Cl)c(-c4cc(O)cc5ccc(F)c(F)c45)ncc23)CCN1CCCF. The highest BCUT2D eigenvalue weighted by atomic mass is 35.5. The third kappa shape index (κ3) is 6.32. The van der Waals surface area contributed by atoms with Crippen molar-refractivity contribution in [3.63, 3.8) is 0 Å². The molecule has 2 aromatic carbocycles. The van der Waals surface area contributed by atoms with Crippen LogP contribution in [-0.4, -0.2) is 101 Å². The van der Waals surface area contributed by atoms with Crippen molar-refractivity contribution in [1.29, 1.82) is 0 Å². The Morgan fingerprint density at radius 3 is 2.44 bits per heavy atom. The molecule has 8 nitrogen and oxygen atoms in total. The monoisotopic (exact) mass is 691 g/mol. The van der Waals surface area contributed by atoms with E-state index in [4.69, 9.17) is 16.6 Å². The first-order chi connectivity index (χ1) is 23.0. The number of anilines is 2. The van der Waals surface area contributed by atoms with Gasteiger partial charge in [-0.25, -0.2) is 13.8 Å². The van der Waals surface area contributed by atoms with Crippen LogP contribution >= 0.6 is 11.6 Å². The van der Waals surface area contributed by atoms with Gasteiger partial charge in [0.05, 0.1) is 28.8 Å². The van der Waals surface area contributed by atoms with Crippen molar-refractivity contribution in [2.75, 3.05) is 68.8 Å². The quantitative estimate of drug-likeness (QED) is 0.135. The number of pyridine rings is 1. The Bertz CT molecular complexity index is 1800. The third-order valence-corrected chi connectivity index (χ3v) is 9.86. The Kier molecular flexibility index (Phi) is 9.83. The molecular formula is C34H39ClF5N7O. The summed E-state index contributed by atoms with van der Waals surface area (Å²) in [5.41, 5.74) is -1.65. The van der Waals surface area contributed by atoms with Crippen LogP contribution < -0.4 is 9.80 Å². The highest BCUT2D eigenvalue weighted by Crippen LogP contribution is 2.46. The fourth-order valence-electron chi connectivity index (χ4n) is 7.10. The second-order valence-electron chi connectivity index (χ2n) is 12.4. The minimum atomic E-state index is -4.05. The van der Waals surface area contributed by atoms with Crippen LogP contribution in [0.3, 0.4) is 0 Å². The summed E-state index contributed by atoms with van der Waals surface area (Å²) in [4.78, 5) is 22.5. The maximum absolute atomic E-state index is 15.7. The molecule has 2 aliphatic rings. The maximum atomic E-state index is 15.7. The predicted molar refractivity (Wildman–Crippen MR) is 179 cm³/mol. The first kappa shape index (κ1) is 34.3. The number of nitrogens with zero attached hydrogens (tertiary/aromatic N) is 7. The van der Waals surface area contributed by atoms with E-state index in [1.165, 1.54) is 18.3 Å². The summed E-state index contributed by atoms with van der Waals surface area (Å²) in [5, 5.41) is 6.45. The zero-order valence-electron chi connectivity index (χ0n) is 27.2. The van der Waals surface area contributed by atoms with Gasteiger partial charge < -0.3 is 14.9 Å². The molecule has 0 spiro atoms. The van der Waals surface area contributed by atoms with Crippen LogP contribution in [0.2, 0.25) is 0 Å². The Morgan fingerprint density at radius 2 is 1.77 bits per heavy atom. The van der Waals surface area contributed by atoms with Crippen LogP contribution in [0, 0.1) is 11.6 Å². The number of piperazine rings is 1. The number of likely N-dealkylation sites (N-methyl/N-ethyl adjacent to an activating group) is 1. The fourth-order valence-corrected chi connectivity index (χ4v) is 7.28. The Balaban J connectivity index is 1.56. The van der Waals surface area contributed by atoms with Gasteiger partial charge in [-0.05, 0) is 61.1 Å². The van der Waals surface area contributed by atoms with Crippen molar-refractivity contribution >= 4 is 45.0 Å². The predicted octanol–water partition coefficient (Wildman–Crippen LogP) is 6.91. The molecule has 1 unspecified atom stereocenters. The highest BCUT2D eigenvalue weighted by molar-refractivity contribution is 6.23. The Labute approximate surface area is 281 Å². The number of phenols is 1.